The van der Waals surface area contributed by atoms with Gasteiger partial charge in [-0.15, -0.1) is 0 Å². The number of carbonyl (C=O) groups excluding carboxylic acids is 1. The van der Waals surface area contributed by atoms with Crippen LogP contribution < -0.4 is 0 Å². The Hall–Kier alpha value is -1.63. The van der Waals surface area contributed by atoms with E-state index in [4.69, 9.17) is 5.11 Å². The summed E-state index contributed by atoms with van der Waals surface area (Å²) in [4.78, 5) is 24.0. The normalized spacial score (nSPS) is 23.0. The molecule has 0 aromatic carbocycles. The number of allylic oxidation sites excluding steroid dienone is 3. The van der Waals surface area contributed by atoms with Crippen LogP contribution in [-0.4, -0.2) is 54.4 Å². The van der Waals surface area contributed by atoms with Crippen LogP contribution >= 0.6 is 0 Å². The van der Waals surface area contributed by atoms with Crippen LogP contribution in [0.5, 0.6) is 0 Å². The lowest BCUT2D eigenvalue weighted by Crippen LogP contribution is -2.51. The molecule has 0 aromatic heterocycles. The standard InChI is InChI=1S/C12H17NO5S/c1-2-3-4-5-11(14)13-6-7-19(17,18)9-10(13)8-12(15)16/h2-5,10H,6-9H2,1H3,(H,15,16). The molecule has 1 atom stereocenters. The smallest absolute Gasteiger partial charge is 0.305 e. The third-order valence-corrected chi connectivity index (χ3v) is 4.46. The molecule has 0 aliphatic carbocycles. The van der Waals surface area contributed by atoms with E-state index in [0.29, 0.717) is 0 Å². The molecule has 19 heavy (non-hydrogen) atoms. The van der Waals surface area contributed by atoms with Crippen molar-refractivity contribution in [2.75, 3.05) is 18.1 Å². The molecule has 0 saturated carbocycles. The molecule has 1 N–H and O–H groups in total. The van der Waals surface area contributed by atoms with Crippen LogP contribution in [0.4, 0.5) is 0 Å². The van der Waals surface area contributed by atoms with Crippen molar-refractivity contribution in [1.29, 1.82) is 0 Å². The molecule has 0 bridgehead atoms. The summed E-state index contributed by atoms with van der Waals surface area (Å²) in [5, 5.41) is 8.79. The highest BCUT2D eigenvalue weighted by atomic mass is 32.2. The Labute approximate surface area is 112 Å². The van der Waals surface area contributed by atoms with Crippen LogP contribution in [0.1, 0.15) is 13.3 Å². The molecule has 1 fully saturated rings. The molecular weight excluding hydrogens is 270 g/mol. The zero-order chi connectivity index (χ0) is 14.5. The fraction of sp³-hybridized carbons (Fsp3) is 0.500. The van der Waals surface area contributed by atoms with Crippen LogP contribution in [0, 0.1) is 0 Å². The monoisotopic (exact) mass is 287 g/mol. The van der Waals surface area contributed by atoms with Crippen LogP contribution in [0.25, 0.3) is 0 Å². The van der Waals surface area contributed by atoms with Crippen molar-refractivity contribution in [2.45, 2.75) is 19.4 Å². The van der Waals surface area contributed by atoms with Gasteiger partial charge in [0.25, 0.3) is 0 Å². The minimum atomic E-state index is -3.26. The number of carbonyl (C=O) groups is 2. The first-order valence-corrected chi connectivity index (χ1v) is 7.70. The van der Waals surface area contributed by atoms with Gasteiger partial charge in [0.1, 0.15) is 0 Å². The predicted molar refractivity (Wildman–Crippen MR) is 70.4 cm³/mol. The van der Waals surface area contributed by atoms with Crippen molar-refractivity contribution in [3.8, 4) is 0 Å². The molecule has 7 heteroatoms. The molecule has 1 amide bonds. The summed E-state index contributed by atoms with van der Waals surface area (Å²) in [7, 11) is -3.26. The average Bonchev–Trinajstić information content (AvgIpc) is 2.27. The SMILES string of the molecule is CC=CC=CC(=O)N1CCS(=O)(=O)CC1CC(=O)O. The summed E-state index contributed by atoms with van der Waals surface area (Å²) in [5.74, 6) is -1.88. The van der Waals surface area contributed by atoms with Crippen molar-refractivity contribution in [3.05, 3.63) is 24.3 Å². The molecule has 1 heterocycles. The van der Waals surface area contributed by atoms with E-state index in [0.717, 1.165) is 0 Å². The second kappa shape index (κ2) is 6.51. The van der Waals surface area contributed by atoms with Gasteiger partial charge in [0.15, 0.2) is 9.84 Å². The van der Waals surface area contributed by atoms with E-state index in [1.807, 2.05) is 0 Å². The van der Waals surface area contributed by atoms with Crippen LogP contribution in [0.2, 0.25) is 0 Å². The Morgan fingerprint density at radius 2 is 2.05 bits per heavy atom. The second-order valence-corrected chi connectivity index (χ2v) is 6.51. The van der Waals surface area contributed by atoms with E-state index in [9.17, 15) is 18.0 Å². The minimum Gasteiger partial charge on any atom is -0.481 e. The Balaban J connectivity index is 2.84. The number of aliphatic carboxylic acids is 1. The van der Waals surface area contributed by atoms with Gasteiger partial charge in [-0.25, -0.2) is 8.42 Å². The van der Waals surface area contributed by atoms with Crippen molar-refractivity contribution >= 4 is 21.7 Å². The fourth-order valence-corrected chi connectivity index (χ4v) is 3.42. The first-order valence-electron chi connectivity index (χ1n) is 5.88. The van der Waals surface area contributed by atoms with Crippen LogP contribution in [0.15, 0.2) is 24.3 Å². The lowest BCUT2D eigenvalue weighted by molar-refractivity contribution is -0.139. The Morgan fingerprint density at radius 3 is 2.63 bits per heavy atom. The number of hydrogen-bond acceptors (Lipinski definition) is 4. The molecule has 6 nitrogen and oxygen atoms in total. The topological polar surface area (TPSA) is 91.8 Å². The Bertz CT molecular complexity index is 506. The largest absolute Gasteiger partial charge is 0.481 e. The highest BCUT2D eigenvalue weighted by Gasteiger charge is 2.34. The number of carboxylic acid groups (broad SMARTS) is 1. The third-order valence-electron chi connectivity index (χ3n) is 2.77. The van der Waals surface area contributed by atoms with E-state index in [1.165, 1.54) is 11.0 Å². The molecular formula is C12H17NO5S. The fourth-order valence-electron chi connectivity index (χ4n) is 1.89. The van der Waals surface area contributed by atoms with Crippen molar-refractivity contribution in [2.24, 2.45) is 0 Å². The zero-order valence-corrected chi connectivity index (χ0v) is 11.5. The molecule has 1 rings (SSSR count). The quantitative estimate of drug-likeness (QED) is 0.590. The van der Waals surface area contributed by atoms with E-state index >= 15 is 0 Å². The molecule has 0 radical (unpaired) electrons. The van der Waals surface area contributed by atoms with Gasteiger partial charge < -0.3 is 10.0 Å². The number of rotatable bonds is 4. The summed E-state index contributed by atoms with van der Waals surface area (Å²) < 4.78 is 23.0. The van der Waals surface area contributed by atoms with E-state index in [2.05, 4.69) is 0 Å². The number of nitrogens with zero attached hydrogens (tertiary/aromatic N) is 1. The summed E-state index contributed by atoms with van der Waals surface area (Å²) in [6.07, 6.45) is 5.92. The number of amides is 1. The minimum absolute atomic E-state index is 0.0410. The molecule has 0 aromatic rings. The number of sulfone groups is 1. The lowest BCUT2D eigenvalue weighted by atomic mass is 10.2. The highest BCUT2D eigenvalue weighted by Crippen LogP contribution is 2.15. The first-order chi connectivity index (χ1) is 8.85. The van der Waals surface area contributed by atoms with Crippen LogP contribution in [-0.2, 0) is 19.4 Å². The summed E-state index contributed by atoms with van der Waals surface area (Å²) in [6, 6.07) is -0.793. The maximum absolute atomic E-state index is 11.9. The maximum atomic E-state index is 11.9. The Morgan fingerprint density at radius 1 is 1.37 bits per heavy atom. The zero-order valence-electron chi connectivity index (χ0n) is 10.7. The predicted octanol–water partition coefficient (Wildman–Crippen LogP) is 0.219. The van der Waals surface area contributed by atoms with Crippen LogP contribution in [0.3, 0.4) is 0 Å². The summed E-state index contributed by atoms with van der Waals surface area (Å²) in [5.41, 5.74) is 0. The highest BCUT2D eigenvalue weighted by molar-refractivity contribution is 7.91. The third kappa shape index (κ3) is 4.86. The molecule has 1 unspecified atom stereocenters. The summed E-state index contributed by atoms with van der Waals surface area (Å²) in [6.45, 7) is 1.84. The number of hydrogen-bond donors (Lipinski definition) is 1. The molecule has 1 saturated heterocycles. The van der Waals surface area contributed by atoms with Gasteiger partial charge in [0.05, 0.1) is 24.0 Å². The molecule has 1 aliphatic rings. The van der Waals surface area contributed by atoms with Gasteiger partial charge >= 0.3 is 5.97 Å². The van der Waals surface area contributed by atoms with Gasteiger partial charge in [0, 0.05) is 12.6 Å². The second-order valence-electron chi connectivity index (χ2n) is 4.28. The van der Waals surface area contributed by atoms with Gasteiger partial charge in [-0.3, -0.25) is 9.59 Å². The summed E-state index contributed by atoms with van der Waals surface area (Å²) >= 11 is 0. The Kier molecular flexibility index (Phi) is 5.29. The van der Waals surface area contributed by atoms with Gasteiger partial charge in [0.2, 0.25) is 5.91 Å². The number of carboxylic acids is 1. The average molecular weight is 287 g/mol. The molecule has 106 valence electrons. The van der Waals surface area contributed by atoms with E-state index in [-0.39, 0.29) is 30.4 Å². The van der Waals surface area contributed by atoms with Gasteiger partial charge in [-0.2, -0.15) is 0 Å². The molecule has 0 spiro atoms. The van der Waals surface area contributed by atoms with E-state index < -0.39 is 21.8 Å². The van der Waals surface area contributed by atoms with Gasteiger partial charge in [-0.05, 0) is 6.92 Å². The first kappa shape index (κ1) is 15.4. The van der Waals surface area contributed by atoms with E-state index in [1.54, 1.807) is 25.2 Å². The molecule has 1 aliphatic heterocycles. The van der Waals surface area contributed by atoms with Crippen molar-refractivity contribution in [3.63, 3.8) is 0 Å². The lowest BCUT2D eigenvalue weighted by Gasteiger charge is -2.33. The van der Waals surface area contributed by atoms with Gasteiger partial charge in [-0.1, -0.05) is 18.2 Å². The van der Waals surface area contributed by atoms with Crippen molar-refractivity contribution < 1.29 is 23.1 Å². The van der Waals surface area contributed by atoms with Crippen molar-refractivity contribution in [1.82, 2.24) is 4.90 Å². The maximum Gasteiger partial charge on any atom is 0.305 e.